The van der Waals surface area contributed by atoms with Crippen LogP contribution in [-0.4, -0.2) is 27.9 Å². The summed E-state index contributed by atoms with van der Waals surface area (Å²) >= 11 is 6.07. The van der Waals surface area contributed by atoms with Gasteiger partial charge in [0.2, 0.25) is 0 Å². The number of hydrogen-bond acceptors (Lipinski definition) is 3. The van der Waals surface area contributed by atoms with E-state index in [4.69, 9.17) is 16.6 Å². The number of rotatable bonds is 1. The Balaban J connectivity index is 1.73. The first kappa shape index (κ1) is 14.5. The molecular formula is C20H19ClN2O. The lowest BCUT2D eigenvalue weighted by molar-refractivity contribution is -0.0532. The fraction of sp³-hybridized carbons (Fsp3) is 0.350. The maximum atomic E-state index is 11.9. The van der Waals surface area contributed by atoms with E-state index in [0.717, 1.165) is 35.4 Å². The summed E-state index contributed by atoms with van der Waals surface area (Å²) in [5.74, 6) is 0.958. The van der Waals surface area contributed by atoms with Crippen LogP contribution < -0.4 is 0 Å². The molecule has 2 heterocycles. The van der Waals surface area contributed by atoms with E-state index >= 15 is 0 Å². The van der Waals surface area contributed by atoms with E-state index in [9.17, 15) is 5.11 Å². The number of benzene rings is 2. The van der Waals surface area contributed by atoms with E-state index in [1.54, 1.807) is 0 Å². The molecule has 1 unspecified atom stereocenters. The molecule has 1 saturated carbocycles. The number of amidine groups is 1. The minimum absolute atomic E-state index is 0.279. The molecular weight excluding hydrogens is 320 g/mol. The summed E-state index contributed by atoms with van der Waals surface area (Å²) in [6, 6.07) is 16.2. The normalized spacial score (nSPS) is 30.6. The van der Waals surface area contributed by atoms with Crippen molar-refractivity contribution in [2.75, 3.05) is 0 Å². The zero-order chi connectivity index (χ0) is 16.3. The van der Waals surface area contributed by atoms with Crippen LogP contribution in [0.5, 0.6) is 0 Å². The Bertz CT molecular complexity index is 832. The highest BCUT2D eigenvalue weighted by Gasteiger charge is 2.55. The van der Waals surface area contributed by atoms with Crippen molar-refractivity contribution in [2.24, 2.45) is 4.99 Å². The fourth-order valence-corrected chi connectivity index (χ4v) is 4.73. The molecule has 0 bridgehead atoms. The molecule has 0 saturated heterocycles. The highest BCUT2D eigenvalue weighted by atomic mass is 35.5. The molecule has 1 aliphatic carbocycles. The maximum absolute atomic E-state index is 11.9. The molecule has 0 spiro atoms. The molecule has 0 aromatic heterocycles. The third-order valence-corrected chi connectivity index (χ3v) is 5.93. The number of fused-ring (bicyclic) bond motifs is 5. The second-order valence-corrected chi connectivity index (χ2v) is 7.40. The van der Waals surface area contributed by atoms with Gasteiger partial charge in [-0.2, -0.15) is 0 Å². The number of aliphatic hydroxyl groups is 1. The van der Waals surface area contributed by atoms with E-state index in [0.29, 0.717) is 11.1 Å². The molecule has 3 nitrogen and oxygen atoms in total. The summed E-state index contributed by atoms with van der Waals surface area (Å²) in [6.45, 7) is 0. The second kappa shape index (κ2) is 5.08. The first-order chi connectivity index (χ1) is 11.7. The van der Waals surface area contributed by atoms with Crippen molar-refractivity contribution < 1.29 is 5.11 Å². The van der Waals surface area contributed by atoms with Gasteiger partial charge in [0.1, 0.15) is 5.84 Å². The van der Waals surface area contributed by atoms with Gasteiger partial charge < -0.3 is 10.0 Å². The highest BCUT2D eigenvalue weighted by Crippen LogP contribution is 2.49. The van der Waals surface area contributed by atoms with Crippen molar-refractivity contribution in [3.8, 4) is 0 Å². The zero-order valence-corrected chi connectivity index (χ0v) is 14.1. The zero-order valence-electron chi connectivity index (χ0n) is 13.3. The molecule has 24 heavy (non-hydrogen) atoms. The van der Waals surface area contributed by atoms with Crippen molar-refractivity contribution in [3.63, 3.8) is 0 Å². The lowest BCUT2D eigenvalue weighted by Gasteiger charge is -2.41. The minimum Gasteiger partial charge on any atom is -0.363 e. The molecule has 0 radical (unpaired) electrons. The Morgan fingerprint density at radius 2 is 1.79 bits per heavy atom. The monoisotopic (exact) mass is 338 g/mol. The number of aliphatic imine (C=N–C) groups is 1. The molecule has 2 aliphatic heterocycles. The lowest BCUT2D eigenvalue weighted by Crippen LogP contribution is -2.51. The van der Waals surface area contributed by atoms with Crippen molar-refractivity contribution in [1.29, 1.82) is 0 Å². The molecule has 2 aromatic rings. The van der Waals surface area contributed by atoms with Crippen LogP contribution in [-0.2, 0) is 5.72 Å². The van der Waals surface area contributed by atoms with Gasteiger partial charge >= 0.3 is 0 Å². The van der Waals surface area contributed by atoms with E-state index in [1.807, 2.05) is 42.5 Å². The number of nitrogens with zero attached hydrogens (tertiary/aromatic N) is 2. The van der Waals surface area contributed by atoms with Gasteiger partial charge in [-0.05, 0) is 25.0 Å². The summed E-state index contributed by atoms with van der Waals surface area (Å²) in [5.41, 5.74) is 1.69. The lowest BCUT2D eigenvalue weighted by atomic mass is 9.87. The van der Waals surface area contributed by atoms with Crippen LogP contribution in [0.1, 0.15) is 42.4 Å². The van der Waals surface area contributed by atoms with Crippen LogP contribution in [0.15, 0.2) is 53.5 Å². The molecule has 3 aliphatic rings. The average molecular weight is 339 g/mol. The Hall–Kier alpha value is -1.84. The molecule has 1 fully saturated rings. The maximum Gasteiger partial charge on any atom is 0.193 e. The smallest absolute Gasteiger partial charge is 0.193 e. The topological polar surface area (TPSA) is 35.8 Å². The summed E-state index contributed by atoms with van der Waals surface area (Å²) in [6.07, 6.45) is 4.63. The molecule has 2 aromatic carbocycles. The first-order valence-electron chi connectivity index (χ1n) is 8.65. The van der Waals surface area contributed by atoms with Crippen molar-refractivity contribution in [1.82, 2.24) is 4.90 Å². The number of hydrogen-bond donors (Lipinski definition) is 1. The van der Waals surface area contributed by atoms with Crippen molar-refractivity contribution >= 4 is 17.4 Å². The predicted molar refractivity (Wildman–Crippen MR) is 95.3 cm³/mol. The van der Waals surface area contributed by atoms with Crippen LogP contribution >= 0.6 is 11.6 Å². The Kier molecular flexibility index (Phi) is 3.07. The third kappa shape index (κ3) is 1.80. The molecule has 4 heteroatoms. The third-order valence-electron chi connectivity index (χ3n) is 5.68. The van der Waals surface area contributed by atoms with Crippen LogP contribution in [0.3, 0.4) is 0 Å². The van der Waals surface area contributed by atoms with Gasteiger partial charge in [0, 0.05) is 21.7 Å². The summed E-state index contributed by atoms with van der Waals surface area (Å²) in [7, 11) is 0. The van der Waals surface area contributed by atoms with Gasteiger partial charge in [-0.1, -0.05) is 60.8 Å². The summed E-state index contributed by atoms with van der Waals surface area (Å²) < 4.78 is 0. The number of halogens is 1. The van der Waals surface area contributed by atoms with Crippen LogP contribution in [0, 0.1) is 0 Å². The highest BCUT2D eigenvalue weighted by molar-refractivity contribution is 6.30. The molecule has 3 atom stereocenters. The summed E-state index contributed by atoms with van der Waals surface area (Å²) in [5, 5.41) is 12.6. The molecule has 0 amide bonds. The Morgan fingerprint density at radius 1 is 1.04 bits per heavy atom. The standard InChI is InChI=1S/C20H19ClN2O/c21-14-11-9-13(10-12-14)20(24)16-6-2-1-5-15(16)19-22-17-7-3-4-8-18(17)23(19)20/h1-2,5-6,9-12,17-18,24H,3-4,7-8H2/t17-,18-,20?/m0/s1. The van der Waals surface area contributed by atoms with Gasteiger partial charge in [0.25, 0.3) is 0 Å². The van der Waals surface area contributed by atoms with Gasteiger partial charge in [0.15, 0.2) is 5.72 Å². The summed E-state index contributed by atoms with van der Waals surface area (Å²) in [4.78, 5) is 7.18. The van der Waals surface area contributed by atoms with Crippen LogP contribution in [0.25, 0.3) is 0 Å². The van der Waals surface area contributed by atoms with Gasteiger partial charge in [-0.15, -0.1) is 0 Å². The largest absolute Gasteiger partial charge is 0.363 e. The van der Waals surface area contributed by atoms with E-state index in [2.05, 4.69) is 11.0 Å². The Morgan fingerprint density at radius 3 is 2.62 bits per heavy atom. The molecule has 122 valence electrons. The van der Waals surface area contributed by atoms with Gasteiger partial charge in [-0.25, -0.2) is 0 Å². The molecule has 1 N–H and O–H groups in total. The van der Waals surface area contributed by atoms with Crippen molar-refractivity contribution in [2.45, 2.75) is 43.5 Å². The van der Waals surface area contributed by atoms with Crippen LogP contribution in [0.2, 0.25) is 5.02 Å². The predicted octanol–water partition coefficient (Wildman–Crippen LogP) is 3.92. The quantitative estimate of drug-likeness (QED) is 0.855. The van der Waals surface area contributed by atoms with Gasteiger partial charge in [-0.3, -0.25) is 4.99 Å². The van der Waals surface area contributed by atoms with E-state index in [1.165, 1.54) is 12.8 Å². The minimum atomic E-state index is -1.16. The van der Waals surface area contributed by atoms with Crippen LogP contribution in [0.4, 0.5) is 0 Å². The first-order valence-corrected chi connectivity index (χ1v) is 9.03. The fourth-order valence-electron chi connectivity index (χ4n) is 4.60. The molecule has 5 rings (SSSR count). The average Bonchev–Trinajstić information content (AvgIpc) is 3.11. The second-order valence-electron chi connectivity index (χ2n) is 6.97. The van der Waals surface area contributed by atoms with E-state index in [-0.39, 0.29) is 6.04 Å². The van der Waals surface area contributed by atoms with Gasteiger partial charge in [0.05, 0.1) is 12.1 Å². The van der Waals surface area contributed by atoms with Crippen molar-refractivity contribution in [3.05, 3.63) is 70.2 Å². The Labute approximate surface area is 146 Å². The van der Waals surface area contributed by atoms with E-state index < -0.39 is 5.72 Å². The SMILES string of the molecule is OC1(c2ccc(Cl)cc2)c2ccccc2C2=N[C@H]3CCCC[C@@H]3N21.